The molecule has 0 radical (unpaired) electrons. The molecule has 1 fully saturated rings. The van der Waals surface area contributed by atoms with Crippen molar-refractivity contribution in [3.8, 4) is 6.01 Å². The van der Waals surface area contributed by atoms with Crippen LogP contribution in [0.2, 0.25) is 0 Å². The maximum Gasteiger partial charge on any atom is 0.425 e. The third kappa shape index (κ3) is 4.74. The predicted molar refractivity (Wildman–Crippen MR) is 90.7 cm³/mol. The van der Waals surface area contributed by atoms with E-state index >= 15 is 0 Å². The van der Waals surface area contributed by atoms with Crippen LogP contribution in [0.5, 0.6) is 6.01 Å². The molecule has 160 valence electrons. The second-order valence-corrected chi connectivity index (χ2v) is 6.57. The lowest BCUT2D eigenvalue weighted by atomic mass is 10.3. The van der Waals surface area contributed by atoms with Crippen LogP contribution in [0.15, 0.2) is 4.63 Å². The highest BCUT2D eigenvalue weighted by atomic mass is 19.4. The third-order valence-electron chi connectivity index (χ3n) is 4.29. The first kappa shape index (κ1) is 20.8. The summed E-state index contributed by atoms with van der Waals surface area (Å²) in [4.78, 5) is 8.88. The number of rotatable bonds is 6. The summed E-state index contributed by atoms with van der Waals surface area (Å²) < 4.78 is 75.1. The number of nitrogens with two attached hydrogens (primary N) is 1. The molecule has 0 aliphatic carbocycles. The van der Waals surface area contributed by atoms with Crippen LogP contribution in [-0.4, -0.2) is 51.6 Å². The number of aromatic nitrogens is 4. The van der Waals surface area contributed by atoms with Gasteiger partial charge in [0.15, 0.2) is 17.7 Å². The Morgan fingerprint density at radius 1 is 1.31 bits per heavy atom. The van der Waals surface area contributed by atoms with E-state index in [1.165, 1.54) is 4.90 Å². The van der Waals surface area contributed by atoms with E-state index in [4.69, 9.17) is 10.5 Å². The zero-order valence-electron chi connectivity index (χ0n) is 15.4. The molecular weight excluding hydrogens is 405 g/mol. The first-order valence-corrected chi connectivity index (χ1v) is 8.52. The molecule has 0 unspecified atom stereocenters. The van der Waals surface area contributed by atoms with E-state index < -0.39 is 37.2 Å². The lowest BCUT2D eigenvalue weighted by Gasteiger charge is -2.22. The van der Waals surface area contributed by atoms with Gasteiger partial charge in [0.1, 0.15) is 17.1 Å². The smallest absolute Gasteiger partial charge is 0.425 e. The van der Waals surface area contributed by atoms with Crippen LogP contribution < -0.4 is 20.7 Å². The molecule has 3 N–H and O–H groups in total. The van der Waals surface area contributed by atoms with Crippen molar-refractivity contribution >= 4 is 17.3 Å². The zero-order valence-corrected chi connectivity index (χ0v) is 15.4. The summed E-state index contributed by atoms with van der Waals surface area (Å²) in [5.41, 5.74) is 6.78. The molecule has 1 atom stereocenters. The van der Waals surface area contributed by atoms with Gasteiger partial charge in [-0.05, 0) is 13.8 Å². The Labute approximate surface area is 161 Å². The molecule has 1 aliphatic heterocycles. The van der Waals surface area contributed by atoms with Crippen molar-refractivity contribution in [3.63, 3.8) is 0 Å². The van der Waals surface area contributed by atoms with Crippen molar-refractivity contribution < 1.29 is 31.3 Å². The highest BCUT2D eigenvalue weighted by Crippen LogP contribution is 2.36. The molecular formula is C15H18F5N7O2. The van der Waals surface area contributed by atoms with Gasteiger partial charge in [-0.2, -0.15) is 23.1 Å². The number of anilines is 3. The largest absolute Gasteiger partial charge is 0.451 e. The Morgan fingerprint density at radius 3 is 2.59 bits per heavy atom. The number of aryl methyl sites for hydroxylation is 1. The fourth-order valence-corrected chi connectivity index (χ4v) is 2.59. The molecule has 9 nitrogen and oxygen atoms in total. The van der Waals surface area contributed by atoms with Crippen LogP contribution in [0.1, 0.15) is 24.7 Å². The monoisotopic (exact) mass is 423 g/mol. The van der Waals surface area contributed by atoms with E-state index in [-0.39, 0.29) is 30.4 Å². The summed E-state index contributed by atoms with van der Waals surface area (Å²) in [7, 11) is 0. The molecule has 1 saturated heterocycles. The number of hydrogen-bond acceptors (Lipinski definition) is 9. The molecule has 3 rings (SSSR count). The Balaban J connectivity index is 1.91. The van der Waals surface area contributed by atoms with Gasteiger partial charge in [-0.1, -0.05) is 10.3 Å². The van der Waals surface area contributed by atoms with Crippen LogP contribution in [0.4, 0.5) is 39.3 Å². The van der Waals surface area contributed by atoms with E-state index in [9.17, 15) is 22.0 Å². The number of nitrogens with one attached hydrogen (secondary N) is 1. The second kappa shape index (κ2) is 7.48. The molecule has 0 bridgehead atoms. The van der Waals surface area contributed by atoms with Gasteiger partial charge in [0, 0.05) is 13.0 Å². The topological polar surface area (TPSA) is 115 Å². The number of nitrogens with zero attached hydrogens (tertiary/aromatic N) is 5. The van der Waals surface area contributed by atoms with E-state index in [1.54, 1.807) is 6.92 Å². The fraction of sp³-hybridized carbons (Fsp3) is 0.600. The van der Waals surface area contributed by atoms with Crippen molar-refractivity contribution in [2.45, 2.75) is 45.0 Å². The van der Waals surface area contributed by atoms with E-state index in [1.807, 2.05) is 0 Å². The van der Waals surface area contributed by atoms with Gasteiger partial charge in [-0.25, -0.2) is 13.4 Å². The van der Waals surface area contributed by atoms with E-state index in [2.05, 4.69) is 30.2 Å². The molecule has 0 spiro atoms. The summed E-state index contributed by atoms with van der Waals surface area (Å²) >= 11 is 0. The van der Waals surface area contributed by atoms with Crippen molar-refractivity contribution in [1.29, 1.82) is 0 Å². The molecule has 0 aromatic carbocycles. The number of ether oxygens (including phenoxy) is 1. The number of nitrogen functional groups attached to an aromatic ring is 1. The minimum Gasteiger partial charge on any atom is -0.451 e. The van der Waals surface area contributed by atoms with Gasteiger partial charge in [0.2, 0.25) is 0 Å². The van der Waals surface area contributed by atoms with Crippen molar-refractivity contribution in [3.05, 3.63) is 11.4 Å². The molecule has 0 amide bonds. The molecule has 29 heavy (non-hydrogen) atoms. The number of alkyl halides is 5. The minimum absolute atomic E-state index is 0.0282. The van der Waals surface area contributed by atoms with Crippen LogP contribution in [0, 0.1) is 6.92 Å². The SMILES string of the molecule is Cc1nonc1CNc1nc(O[C@@H](C)C(F)(F)F)nc(N2CCC(F)(F)C2)c1N. The van der Waals surface area contributed by atoms with Gasteiger partial charge < -0.3 is 20.7 Å². The first-order chi connectivity index (χ1) is 13.5. The van der Waals surface area contributed by atoms with Crippen molar-refractivity contribution in [2.75, 3.05) is 29.0 Å². The minimum atomic E-state index is -4.66. The number of halogens is 5. The standard InChI is InChI=1S/C15H18F5N7O2/c1-7-9(26-29-25-7)5-22-11-10(21)12(27-4-3-14(16,17)6-27)24-13(23-11)28-8(2)15(18,19)20/h8H,3-6,21H2,1-2H3,(H,22,23,24)/t8-/m0/s1. The summed E-state index contributed by atoms with van der Waals surface area (Å²) in [5, 5.41) is 10.0. The summed E-state index contributed by atoms with van der Waals surface area (Å²) in [6.45, 7) is 1.69. The first-order valence-electron chi connectivity index (χ1n) is 8.52. The average molecular weight is 423 g/mol. The molecule has 2 aromatic heterocycles. The van der Waals surface area contributed by atoms with Crippen LogP contribution in [0.25, 0.3) is 0 Å². The summed E-state index contributed by atoms with van der Waals surface area (Å²) in [6.07, 6.45) is -7.31. The van der Waals surface area contributed by atoms with Crippen LogP contribution in [0.3, 0.4) is 0 Å². The lowest BCUT2D eigenvalue weighted by molar-refractivity contribution is -0.190. The Bertz CT molecular complexity index is 873. The third-order valence-corrected chi connectivity index (χ3v) is 4.29. The number of hydrogen-bond donors (Lipinski definition) is 2. The Hall–Kier alpha value is -2.93. The molecule has 14 heteroatoms. The molecule has 2 aromatic rings. The maximum absolute atomic E-state index is 13.6. The average Bonchev–Trinajstić information content (AvgIpc) is 3.19. The fourth-order valence-electron chi connectivity index (χ4n) is 2.59. The van der Waals surface area contributed by atoms with Crippen LogP contribution >= 0.6 is 0 Å². The predicted octanol–water partition coefficient (Wildman–Crippen LogP) is 2.54. The normalized spacial score (nSPS) is 17.4. The highest BCUT2D eigenvalue weighted by molar-refractivity contribution is 5.76. The molecule has 3 heterocycles. The molecule has 1 aliphatic rings. The quantitative estimate of drug-likeness (QED) is 0.676. The Morgan fingerprint density at radius 2 is 2.03 bits per heavy atom. The van der Waals surface area contributed by atoms with Gasteiger partial charge >= 0.3 is 12.2 Å². The zero-order chi connectivity index (χ0) is 21.4. The lowest BCUT2D eigenvalue weighted by Crippen LogP contribution is -2.32. The van der Waals surface area contributed by atoms with Crippen molar-refractivity contribution in [1.82, 2.24) is 20.3 Å². The summed E-state index contributed by atoms with van der Waals surface area (Å²) in [5.74, 6) is -3.19. The Kier molecular flexibility index (Phi) is 5.36. The summed E-state index contributed by atoms with van der Waals surface area (Å²) in [6, 6.07) is -0.647. The second-order valence-electron chi connectivity index (χ2n) is 6.57. The van der Waals surface area contributed by atoms with Gasteiger partial charge in [0.25, 0.3) is 5.92 Å². The van der Waals surface area contributed by atoms with Gasteiger partial charge in [-0.15, -0.1) is 0 Å². The molecule has 0 saturated carbocycles. The van der Waals surface area contributed by atoms with E-state index in [0.717, 1.165) is 6.92 Å². The van der Waals surface area contributed by atoms with Crippen LogP contribution in [-0.2, 0) is 6.54 Å². The van der Waals surface area contributed by atoms with Crippen molar-refractivity contribution in [2.24, 2.45) is 0 Å². The van der Waals surface area contributed by atoms with Gasteiger partial charge in [-0.3, -0.25) is 0 Å². The maximum atomic E-state index is 13.6. The highest BCUT2D eigenvalue weighted by Gasteiger charge is 2.41. The van der Waals surface area contributed by atoms with E-state index in [0.29, 0.717) is 11.4 Å². The van der Waals surface area contributed by atoms with Gasteiger partial charge in [0.05, 0.1) is 13.1 Å².